The van der Waals surface area contributed by atoms with Crippen LogP contribution in [-0.4, -0.2) is 31.6 Å². The lowest BCUT2D eigenvalue weighted by molar-refractivity contribution is 0.250. The fourth-order valence-corrected chi connectivity index (χ4v) is 3.38. The van der Waals surface area contributed by atoms with E-state index in [1.165, 1.54) is 18.4 Å². The Bertz CT molecular complexity index is 1010. The molecule has 0 fully saturated rings. The van der Waals surface area contributed by atoms with E-state index in [1.807, 2.05) is 26.1 Å². The van der Waals surface area contributed by atoms with E-state index in [0.717, 1.165) is 16.8 Å². The number of benzene rings is 2. The van der Waals surface area contributed by atoms with Gasteiger partial charge in [-0.3, -0.25) is 4.90 Å². The molecule has 0 unspecified atom stereocenters. The van der Waals surface area contributed by atoms with Crippen LogP contribution in [0, 0.1) is 5.82 Å². The van der Waals surface area contributed by atoms with Crippen molar-refractivity contribution in [2.24, 2.45) is 0 Å². The number of hydrogen-bond acceptors (Lipinski definition) is 5. The molecule has 0 aliphatic carbocycles. The lowest BCUT2D eigenvalue weighted by Crippen LogP contribution is -2.22. The Hall–Kier alpha value is -2.51. The van der Waals surface area contributed by atoms with Gasteiger partial charge in [0.25, 0.3) is 0 Å². The Balaban J connectivity index is 1.69. The number of nitrogens with zero attached hydrogens (tertiary/aromatic N) is 2. The Labute approximate surface area is 158 Å². The summed E-state index contributed by atoms with van der Waals surface area (Å²) in [7, 11) is -1.24. The Kier molecular flexibility index (Phi) is 5.43. The molecule has 5 nitrogen and oxygen atoms in total. The van der Waals surface area contributed by atoms with E-state index in [0.29, 0.717) is 17.3 Å². The van der Waals surface area contributed by atoms with Crippen LogP contribution >= 0.6 is 0 Å². The minimum absolute atomic E-state index is 0.0598. The summed E-state index contributed by atoms with van der Waals surface area (Å²) in [5, 5.41) is 0. The first-order valence-corrected chi connectivity index (χ1v) is 10.3. The monoisotopic (exact) mass is 388 g/mol. The normalized spacial score (nSPS) is 13.1. The third-order valence-electron chi connectivity index (χ3n) is 4.51. The van der Waals surface area contributed by atoms with Gasteiger partial charge in [0.15, 0.2) is 9.84 Å². The predicted molar refractivity (Wildman–Crippen MR) is 101 cm³/mol. The van der Waals surface area contributed by atoms with Gasteiger partial charge in [0, 0.05) is 24.4 Å². The molecule has 0 bridgehead atoms. The van der Waals surface area contributed by atoms with Gasteiger partial charge in [-0.2, -0.15) is 0 Å². The Morgan fingerprint density at radius 2 is 1.74 bits per heavy atom. The molecule has 142 valence electrons. The van der Waals surface area contributed by atoms with Crippen molar-refractivity contribution >= 4 is 9.84 Å². The number of sulfone groups is 1. The zero-order valence-corrected chi connectivity index (χ0v) is 16.2. The SMILES string of the molecule is C[C@H](c1ccc(S(C)(=O)=O)cc1)N(C)Cc1coc(-c2ccc(F)cc2)n1. The first-order valence-electron chi connectivity index (χ1n) is 8.44. The van der Waals surface area contributed by atoms with Gasteiger partial charge in [-0.25, -0.2) is 17.8 Å². The van der Waals surface area contributed by atoms with Crippen LogP contribution in [0.15, 0.2) is 64.1 Å². The maximum absolute atomic E-state index is 13.0. The van der Waals surface area contributed by atoms with Crippen molar-refractivity contribution in [3.05, 3.63) is 71.9 Å². The lowest BCUT2D eigenvalue weighted by Gasteiger charge is -2.24. The molecule has 0 spiro atoms. The second-order valence-electron chi connectivity index (χ2n) is 6.58. The third-order valence-corrected chi connectivity index (χ3v) is 5.63. The van der Waals surface area contributed by atoms with Gasteiger partial charge >= 0.3 is 0 Å². The topological polar surface area (TPSA) is 63.4 Å². The maximum Gasteiger partial charge on any atom is 0.226 e. The largest absolute Gasteiger partial charge is 0.444 e. The molecule has 1 atom stereocenters. The highest BCUT2D eigenvalue weighted by Gasteiger charge is 2.16. The summed E-state index contributed by atoms with van der Waals surface area (Å²) < 4.78 is 41.7. The molecule has 0 radical (unpaired) electrons. The first-order chi connectivity index (χ1) is 12.7. The average Bonchev–Trinajstić information content (AvgIpc) is 3.09. The number of aromatic nitrogens is 1. The fourth-order valence-electron chi connectivity index (χ4n) is 2.75. The van der Waals surface area contributed by atoms with Crippen molar-refractivity contribution in [2.45, 2.75) is 24.4 Å². The Morgan fingerprint density at radius 1 is 1.11 bits per heavy atom. The van der Waals surface area contributed by atoms with Crippen LogP contribution in [-0.2, 0) is 16.4 Å². The molecular formula is C20H21FN2O3S. The number of rotatable bonds is 6. The molecule has 0 aliphatic heterocycles. The lowest BCUT2D eigenvalue weighted by atomic mass is 10.1. The summed E-state index contributed by atoms with van der Waals surface area (Å²) in [6, 6.07) is 12.9. The van der Waals surface area contributed by atoms with Gasteiger partial charge in [-0.1, -0.05) is 12.1 Å². The highest BCUT2D eigenvalue weighted by Crippen LogP contribution is 2.24. The molecule has 7 heteroatoms. The van der Waals surface area contributed by atoms with Crippen molar-refractivity contribution in [1.29, 1.82) is 0 Å². The van der Waals surface area contributed by atoms with Crippen LogP contribution in [0.5, 0.6) is 0 Å². The van der Waals surface area contributed by atoms with E-state index < -0.39 is 9.84 Å². The van der Waals surface area contributed by atoms with Gasteiger partial charge in [-0.15, -0.1) is 0 Å². The minimum atomic E-state index is -3.20. The number of halogens is 1. The molecule has 1 heterocycles. The van der Waals surface area contributed by atoms with Crippen molar-refractivity contribution in [3.63, 3.8) is 0 Å². The average molecular weight is 388 g/mol. The first kappa shape index (κ1) is 19.3. The number of oxazole rings is 1. The van der Waals surface area contributed by atoms with Crippen molar-refractivity contribution in [3.8, 4) is 11.5 Å². The molecule has 0 amide bonds. The summed E-state index contributed by atoms with van der Waals surface area (Å²) in [6.45, 7) is 2.59. The quantitative estimate of drug-likeness (QED) is 0.637. The molecule has 0 aliphatic rings. The van der Waals surface area contributed by atoms with Crippen LogP contribution in [0.3, 0.4) is 0 Å². The van der Waals surface area contributed by atoms with Gasteiger partial charge < -0.3 is 4.42 Å². The van der Waals surface area contributed by atoms with Gasteiger partial charge in [0.05, 0.1) is 10.6 Å². The van der Waals surface area contributed by atoms with Gasteiger partial charge in [0.1, 0.15) is 12.1 Å². The summed E-state index contributed by atoms with van der Waals surface area (Å²) in [5.74, 6) is 0.143. The van der Waals surface area contributed by atoms with E-state index in [4.69, 9.17) is 4.42 Å². The standard InChI is InChI=1S/C20H21FN2O3S/c1-14(15-6-10-19(11-7-15)27(3,24)25)23(2)12-18-13-26-20(22-18)16-4-8-17(21)9-5-16/h4-11,13-14H,12H2,1-3H3/t14-/m1/s1. The molecule has 0 N–H and O–H groups in total. The zero-order valence-electron chi connectivity index (χ0n) is 15.4. The molecule has 2 aromatic carbocycles. The second kappa shape index (κ2) is 7.62. The predicted octanol–water partition coefficient (Wildman–Crippen LogP) is 4.08. The summed E-state index contributed by atoms with van der Waals surface area (Å²) >= 11 is 0. The summed E-state index contributed by atoms with van der Waals surface area (Å²) in [4.78, 5) is 6.85. The van der Waals surface area contributed by atoms with Crippen LogP contribution < -0.4 is 0 Å². The summed E-state index contributed by atoms with van der Waals surface area (Å²) in [5.41, 5.74) is 2.48. The maximum atomic E-state index is 13.0. The van der Waals surface area contributed by atoms with Gasteiger partial charge in [0.2, 0.25) is 5.89 Å². The van der Waals surface area contributed by atoms with Crippen LogP contribution in [0.4, 0.5) is 4.39 Å². The molecule has 0 saturated heterocycles. The highest BCUT2D eigenvalue weighted by atomic mass is 32.2. The van der Waals surface area contributed by atoms with E-state index in [1.54, 1.807) is 30.5 Å². The van der Waals surface area contributed by atoms with E-state index in [2.05, 4.69) is 9.88 Å². The van der Waals surface area contributed by atoms with E-state index in [-0.39, 0.29) is 11.9 Å². The molecule has 1 aromatic heterocycles. The van der Waals surface area contributed by atoms with Crippen molar-refractivity contribution in [2.75, 3.05) is 13.3 Å². The fraction of sp³-hybridized carbons (Fsp3) is 0.250. The minimum Gasteiger partial charge on any atom is -0.444 e. The molecule has 0 saturated carbocycles. The number of hydrogen-bond donors (Lipinski definition) is 0. The van der Waals surface area contributed by atoms with E-state index in [9.17, 15) is 12.8 Å². The van der Waals surface area contributed by atoms with Crippen LogP contribution in [0.2, 0.25) is 0 Å². The highest BCUT2D eigenvalue weighted by molar-refractivity contribution is 7.90. The summed E-state index contributed by atoms with van der Waals surface area (Å²) in [6.07, 6.45) is 2.79. The van der Waals surface area contributed by atoms with E-state index >= 15 is 0 Å². The molecule has 3 aromatic rings. The zero-order chi connectivity index (χ0) is 19.6. The van der Waals surface area contributed by atoms with Gasteiger partial charge in [-0.05, 0) is 55.9 Å². The van der Waals surface area contributed by atoms with Crippen LogP contribution in [0.25, 0.3) is 11.5 Å². The smallest absolute Gasteiger partial charge is 0.226 e. The third kappa shape index (κ3) is 4.61. The second-order valence-corrected chi connectivity index (χ2v) is 8.60. The van der Waals surface area contributed by atoms with Crippen molar-refractivity contribution in [1.82, 2.24) is 9.88 Å². The molecule has 27 heavy (non-hydrogen) atoms. The Morgan fingerprint density at radius 3 is 2.33 bits per heavy atom. The molecule has 3 rings (SSSR count). The van der Waals surface area contributed by atoms with Crippen LogP contribution in [0.1, 0.15) is 24.2 Å². The van der Waals surface area contributed by atoms with Crippen molar-refractivity contribution < 1.29 is 17.2 Å². The molecular weight excluding hydrogens is 367 g/mol.